The second kappa shape index (κ2) is 12.5. The molecular weight excluding hydrogens is 298 g/mol. The summed E-state index contributed by atoms with van der Waals surface area (Å²) in [7, 11) is 4.08. The Hall–Kier alpha value is -0.810. The molecule has 1 fully saturated rings. The van der Waals surface area contributed by atoms with E-state index in [0.29, 0.717) is 5.92 Å². The van der Waals surface area contributed by atoms with Crippen LogP contribution in [0.5, 0.6) is 0 Å². The van der Waals surface area contributed by atoms with Gasteiger partial charge in [-0.1, -0.05) is 40.0 Å². The third-order valence-corrected chi connectivity index (χ3v) is 5.11. The fourth-order valence-corrected chi connectivity index (χ4v) is 3.21. The Morgan fingerprint density at radius 2 is 1.75 bits per heavy atom. The minimum absolute atomic E-state index is 0.633. The van der Waals surface area contributed by atoms with Gasteiger partial charge in [0.1, 0.15) is 0 Å². The topological polar surface area (TPSA) is 42.9 Å². The van der Waals surface area contributed by atoms with E-state index in [2.05, 4.69) is 53.2 Å². The standard InChI is InChI=1S/C19H41N5/c1-6-8-9-18(7-2)15-22-19(20-4)21-14-17(3)16-24-12-10-23(5)11-13-24/h17-18H,6-16H2,1-5H3,(H2,20,21,22). The van der Waals surface area contributed by atoms with E-state index in [1.54, 1.807) is 0 Å². The van der Waals surface area contributed by atoms with Crippen LogP contribution in [0.15, 0.2) is 4.99 Å². The van der Waals surface area contributed by atoms with Gasteiger partial charge in [0, 0.05) is 52.9 Å². The van der Waals surface area contributed by atoms with E-state index in [1.165, 1.54) is 58.4 Å². The third-order valence-electron chi connectivity index (χ3n) is 5.11. The predicted molar refractivity (Wildman–Crippen MR) is 106 cm³/mol. The Kier molecular flexibility index (Phi) is 11.1. The van der Waals surface area contributed by atoms with Crippen molar-refractivity contribution in [2.75, 3.05) is 59.9 Å². The first-order chi connectivity index (χ1) is 11.6. The molecule has 0 amide bonds. The minimum atomic E-state index is 0.633. The summed E-state index contributed by atoms with van der Waals surface area (Å²) in [6.45, 7) is 14.9. The highest BCUT2D eigenvalue weighted by Crippen LogP contribution is 2.11. The molecule has 0 radical (unpaired) electrons. The van der Waals surface area contributed by atoms with Gasteiger partial charge in [0.05, 0.1) is 0 Å². The van der Waals surface area contributed by atoms with Crippen LogP contribution in [0.4, 0.5) is 0 Å². The van der Waals surface area contributed by atoms with Gasteiger partial charge in [0.25, 0.3) is 0 Å². The summed E-state index contributed by atoms with van der Waals surface area (Å²) in [6.07, 6.45) is 5.17. The lowest BCUT2D eigenvalue weighted by atomic mass is 9.99. The molecule has 0 aromatic rings. The first-order valence-corrected chi connectivity index (χ1v) is 9.94. The molecule has 142 valence electrons. The van der Waals surface area contributed by atoms with Crippen LogP contribution in [0, 0.1) is 11.8 Å². The molecule has 0 aliphatic carbocycles. The van der Waals surface area contributed by atoms with Crippen LogP contribution in [-0.2, 0) is 0 Å². The molecule has 2 N–H and O–H groups in total. The van der Waals surface area contributed by atoms with Crippen LogP contribution in [0.2, 0.25) is 0 Å². The molecule has 0 spiro atoms. The Labute approximate surface area is 150 Å². The number of nitrogens with one attached hydrogen (secondary N) is 2. The van der Waals surface area contributed by atoms with Crippen molar-refractivity contribution in [1.29, 1.82) is 0 Å². The van der Waals surface area contributed by atoms with Gasteiger partial charge in [-0.25, -0.2) is 0 Å². The van der Waals surface area contributed by atoms with Crippen LogP contribution in [0.25, 0.3) is 0 Å². The van der Waals surface area contributed by atoms with E-state index in [-0.39, 0.29) is 0 Å². The molecule has 2 unspecified atom stereocenters. The molecule has 0 aromatic heterocycles. The van der Waals surface area contributed by atoms with Crippen LogP contribution in [0.1, 0.15) is 46.5 Å². The van der Waals surface area contributed by atoms with E-state index in [4.69, 9.17) is 0 Å². The number of hydrogen-bond acceptors (Lipinski definition) is 3. The van der Waals surface area contributed by atoms with E-state index < -0.39 is 0 Å². The fourth-order valence-electron chi connectivity index (χ4n) is 3.21. The molecule has 2 atom stereocenters. The first-order valence-electron chi connectivity index (χ1n) is 9.94. The van der Waals surface area contributed by atoms with E-state index in [1.807, 2.05) is 7.05 Å². The lowest BCUT2D eigenvalue weighted by Gasteiger charge is -2.34. The van der Waals surface area contributed by atoms with E-state index in [9.17, 15) is 0 Å². The van der Waals surface area contributed by atoms with Gasteiger partial charge in [-0.15, -0.1) is 0 Å². The van der Waals surface area contributed by atoms with Gasteiger partial charge in [-0.3, -0.25) is 4.99 Å². The fraction of sp³-hybridized carbons (Fsp3) is 0.947. The predicted octanol–water partition coefficient (Wildman–Crippen LogP) is 2.25. The molecule has 1 rings (SSSR count). The minimum Gasteiger partial charge on any atom is -0.356 e. The molecule has 1 aliphatic heterocycles. The summed E-state index contributed by atoms with van der Waals surface area (Å²) in [5.74, 6) is 2.34. The zero-order valence-electron chi connectivity index (χ0n) is 16.8. The van der Waals surface area contributed by atoms with Crippen molar-refractivity contribution in [3.05, 3.63) is 0 Å². The highest BCUT2D eigenvalue weighted by atomic mass is 15.2. The highest BCUT2D eigenvalue weighted by Gasteiger charge is 2.16. The highest BCUT2D eigenvalue weighted by molar-refractivity contribution is 5.79. The molecule has 0 bridgehead atoms. The number of likely N-dealkylation sites (N-methyl/N-ethyl adjacent to an activating group) is 1. The molecule has 1 aliphatic rings. The van der Waals surface area contributed by atoms with E-state index in [0.717, 1.165) is 25.0 Å². The molecule has 0 saturated carbocycles. The van der Waals surface area contributed by atoms with Crippen molar-refractivity contribution < 1.29 is 0 Å². The smallest absolute Gasteiger partial charge is 0.190 e. The number of hydrogen-bond donors (Lipinski definition) is 2. The zero-order valence-corrected chi connectivity index (χ0v) is 16.8. The quantitative estimate of drug-likeness (QED) is 0.473. The average Bonchev–Trinajstić information content (AvgIpc) is 2.59. The molecule has 1 saturated heterocycles. The van der Waals surface area contributed by atoms with Crippen molar-refractivity contribution >= 4 is 5.96 Å². The van der Waals surface area contributed by atoms with Gasteiger partial charge >= 0.3 is 0 Å². The van der Waals surface area contributed by atoms with Crippen LogP contribution in [-0.4, -0.2) is 75.7 Å². The Morgan fingerprint density at radius 3 is 2.33 bits per heavy atom. The number of guanidine groups is 1. The maximum atomic E-state index is 4.38. The summed E-state index contributed by atoms with van der Waals surface area (Å²) in [5, 5.41) is 7.02. The number of piperazine rings is 1. The number of unbranched alkanes of at least 4 members (excludes halogenated alkanes) is 1. The van der Waals surface area contributed by atoms with Gasteiger partial charge < -0.3 is 20.4 Å². The molecule has 1 heterocycles. The maximum Gasteiger partial charge on any atom is 0.190 e. The molecule has 0 aromatic carbocycles. The molecule has 5 heteroatoms. The van der Waals surface area contributed by atoms with Crippen LogP contribution < -0.4 is 10.6 Å². The molecule has 5 nitrogen and oxygen atoms in total. The largest absolute Gasteiger partial charge is 0.356 e. The van der Waals surface area contributed by atoms with Gasteiger partial charge in [-0.2, -0.15) is 0 Å². The lowest BCUT2D eigenvalue weighted by molar-refractivity contribution is 0.139. The van der Waals surface area contributed by atoms with Crippen LogP contribution in [0.3, 0.4) is 0 Å². The van der Waals surface area contributed by atoms with Gasteiger partial charge in [0.15, 0.2) is 5.96 Å². The van der Waals surface area contributed by atoms with Gasteiger partial charge in [0.2, 0.25) is 0 Å². The monoisotopic (exact) mass is 339 g/mol. The number of nitrogens with zero attached hydrogens (tertiary/aromatic N) is 3. The maximum absolute atomic E-state index is 4.38. The molecular formula is C19H41N5. The summed E-state index contributed by atoms with van der Waals surface area (Å²) >= 11 is 0. The van der Waals surface area contributed by atoms with Crippen molar-refractivity contribution in [3.8, 4) is 0 Å². The second-order valence-electron chi connectivity index (χ2n) is 7.46. The van der Waals surface area contributed by atoms with Crippen molar-refractivity contribution in [2.45, 2.75) is 46.5 Å². The summed E-state index contributed by atoms with van der Waals surface area (Å²) < 4.78 is 0. The Morgan fingerprint density at radius 1 is 1.08 bits per heavy atom. The molecule has 24 heavy (non-hydrogen) atoms. The van der Waals surface area contributed by atoms with E-state index >= 15 is 0 Å². The normalized spacial score (nSPS) is 20.0. The van der Waals surface area contributed by atoms with Crippen LogP contribution >= 0.6 is 0 Å². The number of rotatable bonds is 10. The Bertz CT molecular complexity index is 337. The lowest BCUT2D eigenvalue weighted by Crippen LogP contribution is -2.47. The summed E-state index contributed by atoms with van der Waals surface area (Å²) in [6, 6.07) is 0. The summed E-state index contributed by atoms with van der Waals surface area (Å²) in [4.78, 5) is 9.37. The van der Waals surface area contributed by atoms with Crippen molar-refractivity contribution in [2.24, 2.45) is 16.8 Å². The Balaban J connectivity index is 2.22. The zero-order chi connectivity index (χ0) is 17.8. The number of aliphatic imine (C=N–C) groups is 1. The van der Waals surface area contributed by atoms with Crippen molar-refractivity contribution in [1.82, 2.24) is 20.4 Å². The first kappa shape index (κ1) is 21.2. The summed E-state index contributed by atoms with van der Waals surface area (Å²) in [5.41, 5.74) is 0. The average molecular weight is 340 g/mol. The SMILES string of the molecule is CCCCC(CC)CNC(=NC)NCC(C)CN1CCN(C)CC1. The van der Waals surface area contributed by atoms with Crippen molar-refractivity contribution in [3.63, 3.8) is 0 Å². The third kappa shape index (κ3) is 8.88. The second-order valence-corrected chi connectivity index (χ2v) is 7.46. The van der Waals surface area contributed by atoms with Gasteiger partial charge in [-0.05, 0) is 25.3 Å².